The number of anilines is 1. The van der Waals surface area contributed by atoms with Crippen LogP contribution < -0.4 is 5.73 Å². The van der Waals surface area contributed by atoms with Gasteiger partial charge in [-0.1, -0.05) is 0 Å². The van der Waals surface area contributed by atoms with E-state index in [-0.39, 0.29) is 18.6 Å². The average Bonchev–Trinajstić information content (AvgIpc) is 2.37. The second-order valence-corrected chi connectivity index (χ2v) is 5.34. The zero-order valence-corrected chi connectivity index (χ0v) is 11.2. The van der Waals surface area contributed by atoms with Gasteiger partial charge >= 0.3 is 0 Å². The maximum Gasteiger partial charge on any atom is 0.272 e. The molecule has 1 atom stereocenters. The van der Waals surface area contributed by atoms with Crippen LogP contribution >= 0.6 is 0 Å². The van der Waals surface area contributed by atoms with E-state index in [1.807, 2.05) is 13.8 Å². The number of amides is 1. The van der Waals surface area contributed by atoms with Crippen molar-refractivity contribution >= 4 is 11.6 Å². The van der Waals surface area contributed by atoms with Gasteiger partial charge in [0.1, 0.15) is 5.69 Å². The summed E-state index contributed by atoms with van der Waals surface area (Å²) in [7, 11) is 0. The van der Waals surface area contributed by atoms with E-state index in [2.05, 4.69) is 4.98 Å². The molecule has 1 fully saturated rings. The third-order valence-electron chi connectivity index (χ3n) is 2.98. The molecule has 0 saturated carbocycles. The second kappa shape index (κ2) is 5.14. The van der Waals surface area contributed by atoms with Gasteiger partial charge in [0.2, 0.25) is 0 Å². The highest BCUT2D eigenvalue weighted by Crippen LogP contribution is 2.22. The first-order valence-electron chi connectivity index (χ1n) is 6.21. The van der Waals surface area contributed by atoms with Crippen molar-refractivity contribution in [3.8, 4) is 0 Å². The molecule has 1 unspecified atom stereocenters. The van der Waals surface area contributed by atoms with Crippen LogP contribution in [0.25, 0.3) is 0 Å². The van der Waals surface area contributed by atoms with Gasteiger partial charge in [-0.2, -0.15) is 0 Å². The first-order chi connectivity index (χ1) is 8.91. The van der Waals surface area contributed by atoms with E-state index in [9.17, 15) is 9.90 Å². The van der Waals surface area contributed by atoms with Gasteiger partial charge in [-0.15, -0.1) is 0 Å². The Labute approximate surface area is 112 Å². The highest BCUT2D eigenvalue weighted by molar-refractivity contribution is 5.92. The number of nitrogen functional groups attached to an aromatic ring is 1. The summed E-state index contributed by atoms with van der Waals surface area (Å²) >= 11 is 0. The molecule has 1 aliphatic rings. The number of nitrogens with two attached hydrogens (primary N) is 1. The van der Waals surface area contributed by atoms with Gasteiger partial charge in [0.25, 0.3) is 5.91 Å². The third-order valence-corrected chi connectivity index (χ3v) is 2.98. The van der Waals surface area contributed by atoms with Gasteiger partial charge in [-0.25, -0.2) is 4.98 Å². The fourth-order valence-electron chi connectivity index (χ4n) is 2.24. The molecule has 2 rings (SSSR count). The van der Waals surface area contributed by atoms with E-state index in [1.54, 1.807) is 17.0 Å². The Morgan fingerprint density at radius 2 is 2.37 bits per heavy atom. The molecule has 3 N–H and O–H groups in total. The number of rotatable bonds is 2. The molecule has 1 aromatic rings. The molecule has 1 saturated heterocycles. The van der Waals surface area contributed by atoms with Crippen molar-refractivity contribution in [1.29, 1.82) is 0 Å². The number of morpholine rings is 1. The highest BCUT2D eigenvalue weighted by atomic mass is 16.5. The van der Waals surface area contributed by atoms with Crippen LogP contribution in [0.15, 0.2) is 18.3 Å². The van der Waals surface area contributed by atoms with E-state index >= 15 is 0 Å². The maximum absolute atomic E-state index is 12.3. The maximum atomic E-state index is 12.3. The second-order valence-electron chi connectivity index (χ2n) is 5.34. The zero-order valence-electron chi connectivity index (χ0n) is 11.2. The topological polar surface area (TPSA) is 88.7 Å². The van der Waals surface area contributed by atoms with Crippen LogP contribution in [0.2, 0.25) is 0 Å². The number of aromatic nitrogens is 1. The molecule has 0 aromatic carbocycles. The highest BCUT2D eigenvalue weighted by Gasteiger charge is 2.35. The number of carbonyl (C=O) groups excluding carboxylic acids is 1. The molecular weight excluding hydrogens is 246 g/mol. The molecule has 6 heteroatoms. The van der Waals surface area contributed by atoms with Gasteiger partial charge in [0.05, 0.1) is 30.2 Å². The standard InChI is InChI=1S/C13H19N3O3/c1-13(2)8-16(6-10(7-17)19-13)12(18)11-4-3-9(14)5-15-11/h3-5,10,17H,6-8,14H2,1-2H3. The molecule has 0 bridgehead atoms. The van der Waals surface area contributed by atoms with Crippen molar-refractivity contribution in [1.82, 2.24) is 9.88 Å². The zero-order chi connectivity index (χ0) is 14.0. The fraction of sp³-hybridized carbons (Fsp3) is 0.538. The minimum atomic E-state index is -0.477. The number of pyridine rings is 1. The Kier molecular flexibility index (Phi) is 3.73. The summed E-state index contributed by atoms with van der Waals surface area (Å²) in [6.45, 7) is 4.51. The SMILES string of the molecule is CC1(C)CN(C(=O)c2ccc(N)cn2)CC(CO)O1. The predicted molar refractivity (Wildman–Crippen MR) is 70.6 cm³/mol. The lowest BCUT2D eigenvalue weighted by Crippen LogP contribution is -2.55. The first kappa shape index (κ1) is 13.8. The molecule has 2 heterocycles. The summed E-state index contributed by atoms with van der Waals surface area (Å²) in [5, 5.41) is 9.23. The smallest absolute Gasteiger partial charge is 0.272 e. The lowest BCUT2D eigenvalue weighted by molar-refractivity contribution is -0.139. The summed E-state index contributed by atoms with van der Waals surface area (Å²) in [6, 6.07) is 3.25. The Morgan fingerprint density at radius 3 is 2.95 bits per heavy atom. The molecule has 0 radical (unpaired) electrons. The summed E-state index contributed by atoms with van der Waals surface area (Å²) in [5.74, 6) is -0.171. The Morgan fingerprint density at radius 1 is 1.63 bits per heavy atom. The molecule has 104 valence electrons. The van der Waals surface area contributed by atoms with Gasteiger partial charge in [-0.05, 0) is 26.0 Å². The predicted octanol–water partition coefficient (Wildman–Crippen LogP) is 0.276. The van der Waals surface area contributed by atoms with Crippen molar-refractivity contribution in [2.24, 2.45) is 0 Å². The van der Waals surface area contributed by atoms with Crippen molar-refractivity contribution in [3.05, 3.63) is 24.0 Å². The lowest BCUT2D eigenvalue weighted by atomic mass is 10.0. The van der Waals surface area contributed by atoms with Crippen LogP contribution in [0.1, 0.15) is 24.3 Å². The van der Waals surface area contributed by atoms with E-state index in [0.29, 0.717) is 24.5 Å². The van der Waals surface area contributed by atoms with Gasteiger partial charge in [0.15, 0.2) is 0 Å². The summed E-state index contributed by atoms with van der Waals surface area (Å²) in [5.41, 5.74) is 5.95. The largest absolute Gasteiger partial charge is 0.397 e. The number of aliphatic hydroxyl groups excluding tert-OH is 1. The molecule has 1 aliphatic heterocycles. The van der Waals surface area contributed by atoms with Crippen LogP contribution in [0, 0.1) is 0 Å². The third kappa shape index (κ3) is 3.21. The van der Waals surface area contributed by atoms with Crippen LogP contribution in [0.4, 0.5) is 5.69 Å². The average molecular weight is 265 g/mol. The number of nitrogens with zero attached hydrogens (tertiary/aromatic N) is 2. The quantitative estimate of drug-likeness (QED) is 0.801. The minimum Gasteiger partial charge on any atom is -0.397 e. The Balaban J connectivity index is 2.16. The van der Waals surface area contributed by atoms with E-state index in [0.717, 1.165) is 0 Å². The van der Waals surface area contributed by atoms with Crippen LogP contribution in [0.5, 0.6) is 0 Å². The molecule has 1 aromatic heterocycles. The van der Waals surface area contributed by atoms with Crippen molar-refractivity contribution in [2.75, 3.05) is 25.4 Å². The molecule has 6 nitrogen and oxygen atoms in total. The number of carbonyl (C=O) groups is 1. The number of ether oxygens (including phenoxy) is 1. The number of hydrogen-bond donors (Lipinski definition) is 2. The van der Waals surface area contributed by atoms with Crippen LogP contribution in [0.3, 0.4) is 0 Å². The summed E-state index contributed by atoms with van der Waals surface area (Å²) in [4.78, 5) is 18.0. The first-order valence-corrected chi connectivity index (χ1v) is 6.21. The number of aliphatic hydroxyl groups is 1. The van der Waals surface area contributed by atoms with Crippen LogP contribution in [-0.4, -0.2) is 52.3 Å². The van der Waals surface area contributed by atoms with E-state index in [1.165, 1.54) is 6.20 Å². The Hall–Kier alpha value is -1.66. The van der Waals surface area contributed by atoms with Crippen molar-refractivity contribution in [2.45, 2.75) is 25.6 Å². The molecule has 0 spiro atoms. The van der Waals surface area contributed by atoms with Crippen LogP contribution in [-0.2, 0) is 4.74 Å². The summed E-state index contributed by atoms with van der Waals surface area (Å²) < 4.78 is 5.67. The monoisotopic (exact) mass is 265 g/mol. The fourth-order valence-corrected chi connectivity index (χ4v) is 2.24. The normalized spacial score (nSPS) is 22.3. The molecular formula is C13H19N3O3. The molecule has 19 heavy (non-hydrogen) atoms. The summed E-state index contributed by atoms with van der Waals surface area (Å²) in [6.07, 6.45) is 1.10. The van der Waals surface area contributed by atoms with Gasteiger partial charge < -0.3 is 20.5 Å². The lowest BCUT2D eigenvalue weighted by Gasteiger charge is -2.42. The van der Waals surface area contributed by atoms with E-state index in [4.69, 9.17) is 10.5 Å². The Bertz CT molecular complexity index is 459. The van der Waals surface area contributed by atoms with E-state index < -0.39 is 5.60 Å². The van der Waals surface area contributed by atoms with Crippen molar-refractivity contribution < 1.29 is 14.6 Å². The molecule has 0 aliphatic carbocycles. The van der Waals surface area contributed by atoms with Gasteiger partial charge in [0, 0.05) is 13.1 Å². The van der Waals surface area contributed by atoms with Crippen molar-refractivity contribution in [3.63, 3.8) is 0 Å². The minimum absolute atomic E-state index is 0.109. The van der Waals surface area contributed by atoms with Gasteiger partial charge in [-0.3, -0.25) is 4.79 Å². The molecule has 1 amide bonds. The number of hydrogen-bond acceptors (Lipinski definition) is 5.